The van der Waals surface area contributed by atoms with Crippen molar-refractivity contribution in [3.63, 3.8) is 0 Å². The predicted octanol–water partition coefficient (Wildman–Crippen LogP) is -2.47. The molecule has 1 aromatic rings. The van der Waals surface area contributed by atoms with Gasteiger partial charge in [-0.25, -0.2) is 0 Å². The molecule has 0 aliphatic heterocycles. The van der Waals surface area contributed by atoms with E-state index in [1.54, 1.807) is 6.07 Å². The van der Waals surface area contributed by atoms with E-state index in [1.165, 1.54) is 24.3 Å². The fourth-order valence-corrected chi connectivity index (χ4v) is 2.17. The molecule has 0 aromatic heterocycles. The van der Waals surface area contributed by atoms with E-state index in [0.717, 1.165) is 0 Å². The molecule has 0 heterocycles. The van der Waals surface area contributed by atoms with Gasteiger partial charge in [-0.2, -0.15) is 20.2 Å². The fraction of sp³-hybridized carbons (Fsp3) is 0. The maximum Gasteiger partial charge on any atom is 4.00 e. The minimum Gasteiger partial charge on any atom is -0.822 e. The smallest absolute Gasteiger partial charge is 0.822 e. The first kappa shape index (κ1) is 23.3. The van der Waals surface area contributed by atoms with Crippen molar-refractivity contribution in [2.24, 2.45) is 0 Å². The van der Waals surface area contributed by atoms with E-state index < -0.39 is 26.0 Å². The fourth-order valence-electron chi connectivity index (χ4n) is 0.741. The average molecular weight is 439 g/mol. The Labute approximate surface area is 138 Å². The quantitative estimate of drug-likeness (QED) is 0.385. The summed E-state index contributed by atoms with van der Waals surface area (Å²) in [4.78, 5) is 36.5. The summed E-state index contributed by atoms with van der Waals surface area (Å²) in [6.45, 7) is 0. The van der Waals surface area contributed by atoms with Gasteiger partial charge in [0.2, 0.25) is 0 Å². The van der Waals surface area contributed by atoms with Gasteiger partial charge in [0, 0.05) is 0 Å². The summed E-state index contributed by atoms with van der Waals surface area (Å²) in [5.41, 5.74) is 0. The van der Waals surface area contributed by atoms with E-state index in [2.05, 4.69) is 8.49 Å². The van der Waals surface area contributed by atoms with Gasteiger partial charge in [-0.1, -0.05) is 18.2 Å². The number of benzene rings is 1. The first-order chi connectivity index (χ1) is 8.79. The SMILES string of the molecule is O=P([O-])(Oc1ccccc1)OS(=O)(=O)O.O=P([O-])([O-])[O-].[Zr+4]. The van der Waals surface area contributed by atoms with Crippen LogP contribution >= 0.6 is 15.6 Å². The van der Waals surface area contributed by atoms with Gasteiger partial charge in [0.15, 0.2) is 0 Å². The maximum atomic E-state index is 10.9. The van der Waals surface area contributed by atoms with Gasteiger partial charge >= 0.3 is 44.4 Å². The molecule has 11 nitrogen and oxygen atoms in total. The molecule has 1 aromatic carbocycles. The van der Waals surface area contributed by atoms with Gasteiger partial charge in [0.05, 0.1) is 0 Å². The third-order valence-electron chi connectivity index (χ3n) is 1.15. The zero-order chi connectivity index (χ0) is 16.0. The van der Waals surface area contributed by atoms with Crippen LogP contribution in [0.2, 0.25) is 0 Å². The second kappa shape index (κ2) is 9.27. The van der Waals surface area contributed by atoms with Gasteiger partial charge in [-0.15, -0.1) is 0 Å². The molecule has 15 heteroatoms. The van der Waals surface area contributed by atoms with E-state index in [4.69, 9.17) is 23.8 Å². The van der Waals surface area contributed by atoms with Gasteiger partial charge in [-0.05, 0) is 12.1 Å². The Morgan fingerprint density at radius 3 is 1.71 bits per heavy atom. The molecule has 0 spiro atoms. The molecule has 0 bridgehead atoms. The molecule has 0 radical (unpaired) electrons. The van der Waals surface area contributed by atoms with Gasteiger partial charge in [0.1, 0.15) is 5.75 Å². The van der Waals surface area contributed by atoms with Crippen LogP contribution in [0.5, 0.6) is 5.75 Å². The standard InChI is InChI=1S/C6H7O7PS.H3O4P.Zr/c7-14(8,13-15(9,10)11)12-6-4-2-1-3-5-6;1-5(2,3)4;/h1-5H,(H,7,8)(H,9,10,11);(H3,1,2,3,4);/q;;+4/p-4. The number of phosphoric ester groups is 1. The second-order valence-corrected chi connectivity index (χ2v) is 6.22. The summed E-state index contributed by atoms with van der Waals surface area (Å²) in [6, 6.07) is 7.10. The Kier molecular flexibility index (Phi) is 10.3. The minimum atomic E-state index is -5.39. The molecule has 21 heavy (non-hydrogen) atoms. The van der Waals surface area contributed by atoms with Crippen LogP contribution in [0, 0.1) is 0 Å². The summed E-state index contributed by atoms with van der Waals surface area (Å²) in [6.07, 6.45) is 0. The van der Waals surface area contributed by atoms with Crippen molar-refractivity contribution < 1.29 is 76.4 Å². The molecule has 1 unspecified atom stereocenters. The summed E-state index contributed by atoms with van der Waals surface area (Å²) in [5.74, 6) is -0.125. The average Bonchev–Trinajstić information content (AvgIpc) is 2.10. The predicted molar refractivity (Wildman–Crippen MR) is 54.9 cm³/mol. The Hall–Kier alpha value is 0.0731. The van der Waals surface area contributed by atoms with E-state index in [9.17, 15) is 17.9 Å². The largest absolute Gasteiger partial charge is 4.00 e. The molecule has 0 saturated carbocycles. The molecule has 0 saturated heterocycles. The summed E-state index contributed by atoms with van der Waals surface area (Å²) in [7, 11) is -15.6. The van der Waals surface area contributed by atoms with Gasteiger partial charge < -0.3 is 28.7 Å². The van der Waals surface area contributed by atoms with E-state index in [-0.39, 0.29) is 32.0 Å². The molecular weight excluding hydrogens is 433 g/mol. The third-order valence-corrected chi connectivity index (χ3v) is 3.06. The van der Waals surface area contributed by atoms with Gasteiger partial charge in [0.25, 0.3) is 0 Å². The Balaban J connectivity index is 0. The van der Waals surface area contributed by atoms with E-state index in [0.29, 0.717) is 0 Å². The topological polar surface area (TPSA) is 199 Å². The number of para-hydroxylation sites is 1. The van der Waals surface area contributed by atoms with Crippen molar-refractivity contribution in [1.29, 1.82) is 0 Å². The van der Waals surface area contributed by atoms with Crippen LogP contribution in [0.1, 0.15) is 0 Å². The Bertz CT molecular complexity index is 603. The molecule has 1 rings (SSSR count). The third kappa shape index (κ3) is 18.0. The minimum absolute atomic E-state index is 0. The molecule has 116 valence electrons. The van der Waals surface area contributed by atoms with Crippen molar-refractivity contribution >= 4 is 26.0 Å². The zero-order valence-electron chi connectivity index (χ0n) is 9.72. The maximum absolute atomic E-state index is 10.9. The monoisotopic (exact) mass is 438 g/mol. The first-order valence-corrected chi connectivity index (χ1v) is 8.54. The number of phosphoric acid groups is 2. The normalized spacial score (nSPS) is 14.0. The number of hydrogen-bond acceptors (Lipinski definition) is 10. The summed E-state index contributed by atoms with van der Waals surface area (Å²) in [5, 5.41) is 0. The molecule has 0 fully saturated rings. The van der Waals surface area contributed by atoms with Crippen molar-refractivity contribution in [2.75, 3.05) is 0 Å². The van der Waals surface area contributed by atoms with Crippen LogP contribution in [0.4, 0.5) is 0 Å². The van der Waals surface area contributed by atoms with Crippen LogP contribution in [0.3, 0.4) is 0 Å². The van der Waals surface area contributed by atoms with Crippen LogP contribution in [-0.2, 0) is 49.7 Å². The van der Waals surface area contributed by atoms with Crippen molar-refractivity contribution in [3.8, 4) is 5.75 Å². The molecule has 1 N–H and O–H groups in total. The second-order valence-electron chi connectivity index (χ2n) is 2.80. The van der Waals surface area contributed by atoms with Crippen LogP contribution in [0.15, 0.2) is 30.3 Å². The summed E-state index contributed by atoms with van der Waals surface area (Å²) < 4.78 is 55.3. The van der Waals surface area contributed by atoms with Crippen LogP contribution < -0.4 is 24.1 Å². The number of rotatable bonds is 4. The Morgan fingerprint density at radius 2 is 1.38 bits per heavy atom. The summed E-state index contributed by atoms with van der Waals surface area (Å²) >= 11 is 0. The molecule has 0 aliphatic carbocycles. The zero-order valence-corrected chi connectivity index (χ0v) is 14.8. The first-order valence-electron chi connectivity index (χ1n) is 4.26. The van der Waals surface area contributed by atoms with Crippen LogP contribution in [-0.4, -0.2) is 13.0 Å². The Morgan fingerprint density at radius 1 is 1.00 bits per heavy atom. The van der Waals surface area contributed by atoms with Crippen molar-refractivity contribution in [1.82, 2.24) is 0 Å². The number of hydrogen-bond donors (Lipinski definition) is 1. The van der Waals surface area contributed by atoms with Crippen LogP contribution in [0.25, 0.3) is 0 Å². The van der Waals surface area contributed by atoms with E-state index >= 15 is 0 Å². The van der Waals surface area contributed by atoms with Crippen molar-refractivity contribution in [3.05, 3.63) is 30.3 Å². The van der Waals surface area contributed by atoms with Crippen molar-refractivity contribution in [2.45, 2.75) is 0 Å². The molecule has 1 atom stereocenters. The van der Waals surface area contributed by atoms with Gasteiger partial charge in [-0.3, -0.25) is 9.12 Å². The van der Waals surface area contributed by atoms with E-state index in [1.807, 2.05) is 0 Å². The molecule has 0 amide bonds. The molecule has 0 aliphatic rings. The molecular formula is C6H6O11P2SZr.